The number of thiazole rings is 1. The normalized spacial score (nSPS) is 11.8. The molecule has 0 fully saturated rings. The highest BCUT2D eigenvalue weighted by Crippen LogP contribution is 2.31. The molecule has 0 atom stereocenters. The summed E-state index contributed by atoms with van der Waals surface area (Å²) >= 11 is 1.31. The van der Waals surface area contributed by atoms with Crippen LogP contribution in [0.3, 0.4) is 0 Å². The van der Waals surface area contributed by atoms with Gasteiger partial charge in [-0.05, 0) is 48.2 Å². The van der Waals surface area contributed by atoms with Crippen LogP contribution in [0.4, 0.5) is 4.39 Å². The summed E-state index contributed by atoms with van der Waals surface area (Å²) in [6.45, 7) is 1.89. The van der Waals surface area contributed by atoms with Crippen LogP contribution in [-0.4, -0.2) is 18.4 Å². The molecule has 0 aliphatic carbocycles. The minimum Gasteiger partial charge on any atom is -0.256 e. The van der Waals surface area contributed by atoms with Crippen molar-refractivity contribution in [2.75, 3.05) is 0 Å². The van der Waals surface area contributed by atoms with Gasteiger partial charge in [0, 0.05) is 28.7 Å². The average molecular weight is 398 g/mol. The van der Waals surface area contributed by atoms with Gasteiger partial charge in [-0.3, -0.25) is 4.98 Å². The highest BCUT2D eigenvalue weighted by Gasteiger charge is 2.18. The lowest BCUT2D eigenvalue weighted by atomic mass is 10.00. The molecule has 0 N–H and O–H groups in total. The number of aryl methyl sites for hydroxylation is 1. The third-order valence-corrected chi connectivity index (χ3v) is 6.93. The molecule has 0 saturated heterocycles. The van der Waals surface area contributed by atoms with Crippen molar-refractivity contribution in [2.24, 2.45) is 0 Å². The number of pyridine rings is 1. The van der Waals surface area contributed by atoms with Crippen LogP contribution in [0.25, 0.3) is 22.0 Å². The van der Waals surface area contributed by atoms with Gasteiger partial charge in [-0.25, -0.2) is 17.8 Å². The molecule has 2 heterocycles. The first-order valence-electron chi connectivity index (χ1n) is 8.20. The molecule has 0 aliphatic heterocycles. The maximum atomic E-state index is 13.7. The summed E-state index contributed by atoms with van der Waals surface area (Å²) in [6.07, 6.45) is 3.20. The van der Waals surface area contributed by atoms with Gasteiger partial charge in [-0.1, -0.05) is 12.1 Å². The van der Waals surface area contributed by atoms with Gasteiger partial charge in [0.2, 0.25) is 0 Å². The van der Waals surface area contributed by atoms with Crippen molar-refractivity contribution < 1.29 is 12.8 Å². The molecule has 0 bridgehead atoms. The first-order valence-corrected chi connectivity index (χ1v) is 10.7. The molecule has 136 valence electrons. The Kier molecular flexibility index (Phi) is 4.49. The Hall–Kier alpha value is -2.64. The lowest BCUT2D eigenvalue weighted by molar-refractivity contribution is 0.595. The second-order valence-electron chi connectivity index (χ2n) is 6.19. The maximum Gasteiger partial charge on any atom is 0.184 e. The van der Waals surface area contributed by atoms with Crippen LogP contribution in [-0.2, 0) is 15.6 Å². The first kappa shape index (κ1) is 17.8. The summed E-state index contributed by atoms with van der Waals surface area (Å²) in [5.74, 6) is -0.464. The zero-order chi connectivity index (χ0) is 19.0. The van der Waals surface area contributed by atoms with Gasteiger partial charge in [0.15, 0.2) is 9.84 Å². The standard InChI is InChI=1S/C20H15FN2O2S2/c1-13-2-3-15(21)11-18(13)20-17-5-4-16(10-14(17)6-7-23-20)27(24,25)12-19-22-8-9-26-19/h2-11H,12H2,1H3. The summed E-state index contributed by atoms with van der Waals surface area (Å²) < 4.78 is 39.1. The number of hydrogen-bond acceptors (Lipinski definition) is 5. The van der Waals surface area contributed by atoms with Crippen molar-refractivity contribution >= 4 is 31.9 Å². The van der Waals surface area contributed by atoms with Crippen LogP contribution in [0.15, 0.2) is 65.1 Å². The Bertz CT molecular complexity index is 1240. The molecule has 0 aliphatic rings. The van der Waals surface area contributed by atoms with E-state index in [4.69, 9.17) is 0 Å². The molecular weight excluding hydrogens is 383 g/mol. The molecule has 0 unspecified atom stereocenters. The minimum atomic E-state index is -3.50. The number of halogens is 1. The van der Waals surface area contributed by atoms with Gasteiger partial charge < -0.3 is 0 Å². The van der Waals surface area contributed by atoms with Crippen molar-refractivity contribution in [3.8, 4) is 11.3 Å². The lowest BCUT2D eigenvalue weighted by Crippen LogP contribution is -2.04. The number of sulfone groups is 1. The van der Waals surface area contributed by atoms with Crippen molar-refractivity contribution in [3.05, 3.63) is 76.6 Å². The van der Waals surface area contributed by atoms with Gasteiger partial charge in [0.1, 0.15) is 16.6 Å². The molecule has 0 saturated carbocycles. The Morgan fingerprint density at radius 3 is 2.67 bits per heavy atom. The summed E-state index contributed by atoms with van der Waals surface area (Å²) in [4.78, 5) is 8.70. The lowest BCUT2D eigenvalue weighted by Gasteiger charge is -2.10. The molecule has 7 heteroatoms. The number of hydrogen-bond donors (Lipinski definition) is 0. The largest absolute Gasteiger partial charge is 0.256 e. The van der Waals surface area contributed by atoms with E-state index in [1.807, 2.05) is 6.92 Å². The molecule has 0 radical (unpaired) electrons. The zero-order valence-corrected chi connectivity index (χ0v) is 16.0. The summed E-state index contributed by atoms with van der Waals surface area (Å²) in [5.41, 5.74) is 2.23. The fraction of sp³-hybridized carbons (Fsp3) is 0.100. The number of fused-ring (bicyclic) bond motifs is 1. The average Bonchev–Trinajstić information content (AvgIpc) is 3.15. The highest BCUT2D eigenvalue weighted by molar-refractivity contribution is 7.90. The second-order valence-corrected chi connectivity index (χ2v) is 9.16. The number of nitrogens with zero attached hydrogens (tertiary/aromatic N) is 2. The Morgan fingerprint density at radius 2 is 1.89 bits per heavy atom. The predicted molar refractivity (Wildman–Crippen MR) is 105 cm³/mol. The Balaban J connectivity index is 1.82. The van der Waals surface area contributed by atoms with Crippen LogP contribution < -0.4 is 0 Å². The number of rotatable bonds is 4. The minimum absolute atomic E-state index is 0.128. The van der Waals surface area contributed by atoms with Crippen molar-refractivity contribution in [3.63, 3.8) is 0 Å². The van der Waals surface area contributed by atoms with Crippen LogP contribution in [0.2, 0.25) is 0 Å². The molecule has 4 rings (SSSR count). The van der Waals surface area contributed by atoms with E-state index < -0.39 is 9.84 Å². The Labute approximate surface area is 160 Å². The highest BCUT2D eigenvalue weighted by atomic mass is 32.2. The summed E-state index contributed by atoms with van der Waals surface area (Å²) in [5, 5.41) is 3.83. The monoisotopic (exact) mass is 398 g/mol. The van der Waals surface area contributed by atoms with E-state index in [0.717, 1.165) is 16.3 Å². The molecule has 0 spiro atoms. The second kappa shape index (κ2) is 6.83. The molecule has 0 amide bonds. The molecule has 2 aromatic carbocycles. The van der Waals surface area contributed by atoms with Crippen LogP contribution in [0.1, 0.15) is 10.6 Å². The van der Waals surface area contributed by atoms with Gasteiger partial charge in [-0.15, -0.1) is 11.3 Å². The molecule has 4 aromatic rings. The van der Waals surface area contributed by atoms with E-state index in [1.54, 1.807) is 48.1 Å². The maximum absolute atomic E-state index is 13.7. The fourth-order valence-electron chi connectivity index (χ4n) is 2.98. The molecular formula is C20H15FN2O2S2. The topological polar surface area (TPSA) is 59.9 Å². The van der Waals surface area contributed by atoms with Gasteiger partial charge in [-0.2, -0.15) is 0 Å². The zero-order valence-electron chi connectivity index (χ0n) is 14.4. The quantitative estimate of drug-likeness (QED) is 0.496. The molecule has 2 aromatic heterocycles. The van der Waals surface area contributed by atoms with Crippen LogP contribution in [0, 0.1) is 12.7 Å². The van der Waals surface area contributed by atoms with E-state index in [0.29, 0.717) is 16.3 Å². The van der Waals surface area contributed by atoms with Crippen molar-refractivity contribution in [2.45, 2.75) is 17.6 Å². The Morgan fingerprint density at radius 1 is 1.04 bits per heavy atom. The van der Waals surface area contributed by atoms with Crippen LogP contribution in [0.5, 0.6) is 0 Å². The van der Waals surface area contributed by atoms with Crippen molar-refractivity contribution in [1.82, 2.24) is 9.97 Å². The van der Waals surface area contributed by atoms with Gasteiger partial charge in [0.05, 0.1) is 10.6 Å². The summed E-state index contributed by atoms with van der Waals surface area (Å²) in [6, 6.07) is 11.3. The van der Waals surface area contributed by atoms with E-state index in [-0.39, 0.29) is 16.5 Å². The molecule has 4 nitrogen and oxygen atoms in total. The SMILES string of the molecule is Cc1ccc(F)cc1-c1nccc2cc(S(=O)(=O)Cc3nccs3)ccc12. The number of aromatic nitrogens is 2. The van der Waals surface area contributed by atoms with E-state index in [2.05, 4.69) is 9.97 Å². The molecule has 27 heavy (non-hydrogen) atoms. The smallest absolute Gasteiger partial charge is 0.184 e. The van der Waals surface area contributed by atoms with Crippen LogP contribution >= 0.6 is 11.3 Å². The fourth-order valence-corrected chi connectivity index (χ4v) is 5.27. The van der Waals surface area contributed by atoms with E-state index >= 15 is 0 Å². The van der Waals surface area contributed by atoms with Crippen molar-refractivity contribution in [1.29, 1.82) is 0 Å². The van der Waals surface area contributed by atoms with Gasteiger partial charge >= 0.3 is 0 Å². The third-order valence-electron chi connectivity index (χ3n) is 4.35. The van der Waals surface area contributed by atoms with Gasteiger partial charge in [0.25, 0.3) is 0 Å². The van der Waals surface area contributed by atoms with E-state index in [9.17, 15) is 12.8 Å². The number of benzene rings is 2. The predicted octanol–water partition coefficient (Wildman–Crippen LogP) is 4.78. The van der Waals surface area contributed by atoms with E-state index in [1.165, 1.54) is 23.5 Å². The third kappa shape index (κ3) is 3.48. The summed E-state index contributed by atoms with van der Waals surface area (Å²) in [7, 11) is -3.50. The first-order chi connectivity index (χ1) is 12.9.